The fourth-order valence-electron chi connectivity index (χ4n) is 2.00. The fraction of sp³-hybridized carbons (Fsp3) is 0.263. The number of carbonyl (C=O) groups is 2. The van der Waals surface area contributed by atoms with Gasteiger partial charge in [-0.3, -0.25) is 14.9 Å². The van der Waals surface area contributed by atoms with E-state index in [0.29, 0.717) is 17.7 Å². The molecule has 2 aromatic rings. The normalized spacial score (nSPS) is 9.58. The van der Waals surface area contributed by atoms with E-state index in [0.717, 1.165) is 19.3 Å². The second kappa shape index (κ2) is 11.4. The van der Waals surface area contributed by atoms with Crippen LogP contribution in [0.1, 0.15) is 42.1 Å². The molecule has 0 saturated heterocycles. The van der Waals surface area contributed by atoms with Gasteiger partial charge in [-0.05, 0) is 18.6 Å². The van der Waals surface area contributed by atoms with Gasteiger partial charge in [0, 0.05) is 23.3 Å². The van der Waals surface area contributed by atoms with Gasteiger partial charge in [-0.15, -0.1) is 0 Å². The third-order valence-corrected chi connectivity index (χ3v) is 3.35. The van der Waals surface area contributed by atoms with Crippen LogP contribution in [0.25, 0.3) is 0 Å². The molecule has 0 heterocycles. The van der Waals surface area contributed by atoms with Gasteiger partial charge in [-0.25, -0.2) is 4.79 Å². The molecule has 0 unspecified atom stereocenters. The van der Waals surface area contributed by atoms with Crippen molar-refractivity contribution in [2.75, 3.05) is 6.61 Å². The minimum Gasteiger partial charge on any atom is -0.450 e. The summed E-state index contributed by atoms with van der Waals surface area (Å²) >= 11 is 0. The van der Waals surface area contributed by atoms with Gasteiger partial charge in [-0.1, -0.05) is 50.1 Å². The highest BCUT2D eigenvalue weighted by atomic mass is 16.7. The monoisotopic (exact) mass is 359 g/mol. The molecule has 0 aliphatic carbocycles. The summed E-state index contributed by atoms with van der Waals surface area (Å²) in [5.74, 6) is -0.138. The Kier molecular flexibility index (Phi) is 9.09. The third kappa shape index (κ3) is 7.57. The number of unbranched alkanes of at least 4 members (excludes halogenated alkanes) is 2. The van der Waals surface area contributed by atoms with Crippen molar-refractivity contribution in [1.29, 1.82) is 0 Å². The van der Waals surface area contributed by atoms with Gasteiger partial charge in [0.15, 0.2) is 5.78 Å². The van der Waals surface area contributed by atoms with Crippen molar-refractivity contribution < 1.29 is 24.4 Å². The number of nitrogens with zero attached hydrogens (tertiary/aromatic N) is 1. The molecule has 1 N–H and O–H groups in total. The van der Waals surface area contributed by atoms with Crippen LogP contribution in [0.4, 0.5) is 10.5 Å². The lowest BCUT2D eigenvalue weighted by Gasteiger charge is -2.00. The van der Waals surface area contributed by atoms with Crippen molar-refractivity contribution in [2.45, 2.75) is 26.2 Å². The molecule has 0 fully saturated rings. The van der Waals surface area contributed by atoms with E-state index in [9.17, 15) is 19.7 Å². The fourth-order valence-corrected chi connectivity index (χ4v) is 2.00. The van der Waals surface area contributed by atoms with Crippen LogP contribution in [-0.2, 0) is 4.74 Å². The molecule has 7 heteroatoms. The first-order valence-electron chi connectivity index (χ1n) is 8.15. The largest absolute Gasteiger partial charge is 0.505 e. The van der Waals surface area contributed by atoms with Crippen LogP contribution < -0.4 is 0 Å². The number of hydrogen-bond donors (Lipinski definition) is 1. The number of rotatable bonds is 7. The van der Waals surface area contributed by atoms with E-state index in [-0.39, 0.29) is 11.5 Å². The van der Waals surface area contributed by atoms with Crippen LogP contribution in [0.5, 0.6) is 0 Å². The standard InChI is InChI=1S/C13H9NO3.C6H12O3/c15-13(10-4-2-1-3-5-10)11-6-8-12(9-7-11)14(16)17;1-2-3-4-5-9-6(7)8/h1-9H;2-5H2,1H3,(H,7,8). The smallest absolute Gasteiger partial charge is 0.450 e. The van der Waals surface area contributed by atoms with E-state index < -0.39 is 11.1 Å². The van der Waals surface area contributed by atoms with Crippen LogP contribution >= 0.6 is 0 Å². The van der Waals surface area contributed by atoms with Crippen LogP contribution in [0.2, 0.25) is 0 Å². The number of ketones is 1. The Labute approximate surface area is 151 Å². The maximum atomic E-state index is 12.0. The molecule has 0 aliphatic rings. The average Bonchev–Trinajstić information content (AvgIpc) is 2.66. The van der Waals surface area contributed by atoms with Crippen molar-refractivity contribution in [2.24, 2.45) is 0 Å². The maximum Gasteiger partial charge on any atom is 0.505 e. The van der Waals surface area contributed by atoms with E-state index in [1.165, 1.54) is 24.3 Å². The number of nitro groups is 1. The molecule has 0 bridgehead atoms. The topological polar surface area (TPSA) is 107 Å². The van der Waals surface area contributed by atoms with Crippen LogP contribution in [-0.4, -0.2) is 28.6 Å². The van der Waals surface area contributed by atoms with Gasteiger partial charge >= 0.3 is 6.16 Å². The summed E-state index contributed by atoms with van der Waals surface area (Å²) in [7, 11) is 0. The number of carbonyl (C=O) groups excluding carboxylic acids is 1. The van der Waals surface area contributed by atoms with E-state index in [2.05, 4.69) is 11.7 Å². The molecule has 2 aromatic carbocycles. The van der Waals surface area contributed by atoms with E-state index in [4.69, 9.17) is 5.11 Å². The molecule has 138 valence electrons. The van der Waals surface area contributed by atoms with Crippen molar-refractivity contribution in [3.63, 3.8) is 0 Å². The predicted molar refractivity (Wildman–Crippen MR) is 96.5 cm³/mol. The van der Waals surface area contributed by atoms with Crippen molar-refractivity contribution in [3.8, 4) is 0 Å². The van der Waals surface area contributed by atoms with Gasteiger partial charge < -0.3 is 9.84 Å². The number of non-ortho nitro benzene ring substituents is 1. The van der Waals surface area contributed by atoms with Gasteiger partial charge in [0.25, 0.3) is 5.69 Å². The predicted octanol–water partition coefficient (Wildman–Crippen LogP) is 4.70. The van der Waals surface area contributed by atoms with Gasteiger partial charge in [0.1, 0.15) is 0 Å². The summed E-state index contributed by atoms with van der Waals surface area (Å²) in [6.45, 7) is 2.39. The molecule has 0 aliphatic heterocycles. The SMILES string of the molecule is CCCCCOC(=O)O.O=C(c1ccccc1)c1ccc([N+](=O)[O-])cc1. The van der Waals surface area contributed by atoms with Crippen molar-refractivity contribution in [1.82, 2.24) is 0 Å². The Balaban J connectivity index is 0.000000321. The molecule has 0 radical (unpaired) electrons. The van der Waals surface area contributed by atoms with E-state index in [1.54, 1.807) is 24.3 Å². The second-order valence-corrected chi connectivity index (χ2v) is 5.32. The molecule has 0 amide bonds. The quantitative estimate of drug-likeness (QED) is 0.252. The van der Waals surface area contributed by atoms with Crippen molar-refractivity contribution in [3.05, 3.63) is 75.8 Å². The first-order valence-corrected chi connectivity index (χ1v) is 8.15. The van der Waals surface area contributed by atoms with E-state index >= 15 is 0 Å². The Morgan fingerprint density at radius 3 is 2.08 bits per heavy atom. The van der Waals surface area contributed by atoms with Crippen molar-refractivity contribution >= 4 is 17.6 Å². The van der Waals surface area contributed by atoms with Gasteiger partial charge in [-0.2, -0.15) is 0 Å². The zero-order valence-electron chi connectivity index (χ0n) is 14.5. The first-order chi connectivity index (χ1) is 12.5. The molecular weight excluding hydrogens is 338 g/mol. The van der Waals surface area contributed by atoms with Gasteiger partial charge in [0.2, 0.25) is 0 Å². The molecule has 26 heavy (non-hydrogen) atoms. The number of nitro benzene ring substituents is 1. The lowest BCUT2D eigenvalue weighted by Crippen LogP contribution is -2.00. The number of hydrogen-bond acceptors (Lipinski definition) is 5. The molecule has 0 aromatic heterocycles. The minimum absolute atomic E-state index is 0.0189. The Morgan fingerprint density at radius 1 is 1.00 bits per heavy atom. The highest BCUT2D eigenvalue weighted by Crippen LogP contribution is 2.15. The first kappa shape index (κ1) is 20.8. The maximum absolute atomic E-state index is 12.0. The average molecular weight is 359 g/mol. The Morgan fingerprint density at radius 2 is 1.58 bits per heavy atom. The highest BCUT2D eigenvalue weighted by Gasteiger charge is 2.10. The molecule has 7 nitrogen and oxygen atoms in total. The number of carboxylic acid groups (broad SMARTS) is 1. The molecule has 2 rings (SSSR count). The Hall–Kier alpha value is -3.22. The third-order valence-electron chi connectivity index (χ3n) is 3.35. The van der Waals surface area contributed by atoms with Crippen LogP contribution in [0, 0.1) is 10.1 Å². The summed E-state index contributed by atoms with van der Waals surface area (Å²) < 4.78 is 4.26. The van der Waals surface area contributed by atoms with E-state index in [1.807, 2.05) is 6.07 Å². The second-order valence-electron chi connectivity index (χ2n) is 5.32. The summed E-state index contributed by atoms with van der Waals surface area (Å²) in [6.07, 6.45) is 1.78. The van der Waals surface area contributed by atoms with Gasteiger partial charge in [0.05, 0.1) is 11.5 Å². The lowest BCUT2D eigenvalue weighted by molar-refractivity contribution is -0.384. The molecular formula is C19H21NO6. The summed E-state index contributed by atoms with van der Waals surface area (Å²) in [6, 6.07) is 14.4. The Bertz CT molecular complexity index is 713. The zero-order chi connectivity index (χ0) is 19.4. The molecule has 0 atom stereocenters. The molecule has 0 spiro atoms. The lowest BCUT2D eigenvalue weighted by atomic mass is 10.0. The van der Waals surface area contributed by atoms with Crippen LogP contribution in [0.15, 0.2) is 54.6 Å². The zero-order valence-corrected chi connectivity index (χ0v) is 14.5. The highest BCUT2D eigenvalue weighted by molar-refractivity contribution is 6.09. The summed E-state index contributed by atoms with van der Waals surface area (Å²) in [5.41, 5.74) is 0.998. The van der Waals surface area contributed by atoms with Crippen LogP contribution in [0.3, 0.4) is 0 Å². The summed E-state index contributed by atoms with van der Waals surface area (Å²) in [4.78, 5) is 31.7. The number of ether oxygens (including phenoxy) is 1. The molecule has 0 saturated carbocycles. The summed E-state index contributed by atoms with van der Waals surface area (Å²) in [5, 5.41) is 18.5. The number of benzene rings is 2. The minimum atomic E-state index is -1.17.